The van der Waals surface area contributed by atoms with Crippen LogP contribution in [0.25, 0.3) is 0 Å². The number of ether oxygens (including phenoxy) is 2. The van der Waals surface area contributed by atoms with Crippen molar-refractivity contribution >= 4 is 23.2 Å². The molecular weight excluding hydrogens is 351 g/mol. The van der Waals surface area contributed by atoms with Crippen LogP contribution in [0.1, 0.15) is 12.0 Å². The summed E-state index contributed by atoms with van der Waals surface area (Å²) in [5, 5.41) is 2.78. The molecule has 1 aliphatic rings. The number of aryl methyl sites for hydroxylation is 1. The summed E-state index contributed by atoms with van der Waals surface area (Å²) in [4.78, 5) is 26.3. The van der Waals surface area contributed by atoms with Crippen LogP contribution >= 0.6 is 0 Å². The Morgan fingerprint density at radius 1 is 1.19 bits per heavy atom. The zero-order valence-electron chi connectivity index (χ0n) is 15.4. The summed E-state index contributed by atoms with van der Waals surface area (Å²) in [6, 6.07) is 9.70. The molecule has 1 unspecified atom stereocenters. The van der Waals surface area contributed by atoms with Crippen LogP contribution in [0.2, 0.25) is 0 Å². The molecule has 0 spiro atoms. The molecule has 0 aliphatic carbocycles. The number of rotatable bonds is 5. The fourth-order valence-electron chi connectivity index (χ4n) is 3.08. The van der Waals surface area contributed by atoms with Crippen LogP contribution in [0.5, 0.6) is 11.5 Å². The van der Waals surface area contributed by atoms with Gasteiger partial charge in [-0.1, -0.05) is 6.07 Å². The average Bonchev–Trinajstić information content (AvgIpc) is 3.03. The highest BCUT2D eigenvalue weighted by Crippen LogP contribution is 2.32. The lowest BCUT2D eigenvalue weighted by molar-refractivity contribution is -0.122. The van der Waals surface area contributed by atoms with Crippen LogP contribution in [0.4, 0.5) is 15.8 Å². The lowest BCUT2D eigenvalue weighted by atomic mass is 10.1. The van der Waals surface area contributed by atoms with E-state index in [9.17, 15) is 14.0 Å². The van der Waals surface area contributed by atoms with Gasteiger partial charge < -0.3 is 19.7 Å². The monoisotopic (exact) mass is 372 g/mol. The molecule has 1 aliphatic heterocycles. The molecule has 2 aromatic rings. The Labute approximate surface area is 156 Å². The quantitative estimate of drug-likeness (QED) is 0.876. The van der Waals surface area contributed by atoms with Gasteiger partial charge in [-0.3, -0.25) is 9.59 Å². The molecule has 0 saturated carbocycles. The molecular formula is C20H21FN2O4. The minimum absolute atomic E-state index is 0.0254. The SMILES string of the molecule is COc1ccc(NC(=O)C2CC(=O)N(c3ccc(C)cc3F)C2)c(OC)c1. The van der Waals surface area contributed by atoms with E-state index in [1.165, 1.54) is 25.2 Å². The van der Waals surface area contributed by atoms with E-state index in [-0.39, 0.29) is 30.5 Å². The number of benzene rings is 2. The van der Waals surface area contributed by atoms with Crippen molar-refractivity contribution in [1.82, 2.24) is 0 Å². The largest absolute Gasteiger partial charge is 0.497 e. The molecule has 6 nitrogen and oxygen atoms in total. The van der Waals surface area contributed by atoms with Gasteiger partial charge in [-0.05, 0) is 36.8 Å². The number of anilines is 2. The molecule has 0 bridgehead atoms. The summed E-state index contributed by atoms with van der Waals surface area (Å²) in [5.41, 5.74) is 1.45. The molecule has 2 amide bonds. The van der Waals surface area contributed by atoms with Crippen LogP contribution in [-0.4, -0.2) is 32.6 Å². The molecule has 1 N–H and O–H groups in total. The number of carbonyl (C=O) groups is 2. The van der Waals surface area contributed by atoms with Crippen LogP contribution in [0.15, 0.2) is 36.4 Å². The van der Waals surface area contributed by atoms with E-state index in [1.807, 2.05) is 0 Å². The fourth-order valence-corrected chi connectivity index (χ4v) is 3.08. The van der Waals surface area contributed by atoms with E-state index < -0.39 is 11.7 Å². The molecule has 1 fully saturated rings. The minimum atomic E-state index is -0.579. The first-order chi connectivity index (χ1) is 12.9. The summed E-state index contributed by atoms with van der Waals surface area (Å²) < 4.78 is 24.6. The standard InChI is InChI=1S/C20H21FN2O4/c1-12-4-7-17(15(21)8-12)23-11-13(9-19(23)24)20(25)22-16-6-5-14(26-2)10-18(16)27-3/h4-8,10,13H,9,11H2,1-3H3,(H,22,25). The van der Waals surface area contributed by atoms with Crippen molar-refractivity contribution in [1.29, 1.82) is 0 Å². The normalized spacial score (nSPS) is 16.4. The maximum atomic E-state index is 14.2. The van der Waals surface area contributed by atoms with Crippen LogP contribution in [-0.2, 0) is 9.59 Å². The highest BCUT2D eigenvalue weighted by Gasteiger charge is 2.36. The van der Waals surface area contributed by atoms with Crippen molar-refractivity contribution in [2.75, 3.05) is 31.0 Å². The number of hydrogen-bond donors (Lipinski definition) is 1. The number of carbonyl (C=O) groups excluding carboxylic acids is 2. The molecule has 1 saturated heterocycles. The highest BCUT2D eigenvalue weighted by molar-refractivity contribution is 6.04. The van der Waals surface area contributed by atoms with Crippen molar-refractivity contribution < 1.29 is 23.5 Å². The Morgan fingerprint density at radius 2 is 1.96 bits per heavy atom. The Balaban J connectivity index is 1.74. The van der Waals surface area contributed by atoms with E-state index in [1.54, 1.807) is 37.3 Å². The van der Waals surface area contributed by atoms with Crippen LogP contribution in [0.3, 0.4) is 0 Å². The van der Waals surface area contributed by atoms with Crippen LogP contribution < -0.4 is 19.7 Å². The van der Waals surface area contributed by atoms with Gasteiger partial charge in [0.05, 0.1) is 31.5 Å². The van der Waals surface area contributed by atoms with Crippen molar-refractivity contribution in [2.45, 2.75) is 13.3 Å². The molecule has 7 heteroatoms. The smallest absolute Gasteiger partial charge is 0.229 e. The topological polar surface area (TPSA) is 67.9 Å². The molecule has 1 atom stereocenters. The van der Waals surface area contributed by atoms with Crippen molar-refractivity contribution in [3.8, 4) is 11.5 Å². The van der Waals surface area contributed by atoms with E-state index >= 15 is 0 Å². The van der Waals surface area contributed by atoms with E-state index in [0.717, 1.165) is 5.56 Å². The zero-order valence-corrected chi connectivity index (χ0v) is 15.4. The molecule has 2 aromatic carbocycles. The summed E-state index contributed by atoms with van der Waals surface area (Å²) in [6.07, 6.45) is 0.0254. The Bertz CT molecular complexity index is 884. The van der Waals surface area contributed by atoms with Gasteiger partial charge in [0.25, 0.3) is 0 Å². The van der Waals surface area contributed by atoms with Crippen molar-refractivity contribution in [2.24, 2.45) is 5.92 Å². The Hall–Kier alpha value is -3.09. The predicted octanol–water partition coefficient (Wildman–Crippen LogP) is 3.14. The Kier molecular flexibility index (Phi) is 5.30. The second kappa shape index (κ2) is 7.65. The summed E-state index contributed by atoms with van der Waals surface area (Å²) >= 11 is 0. The zero-order chi connectivity index (χ0) is 19.6. The highest BCUT2D eigenvalue weighted by atomic mass is 19.1. The first kappa shape index (κ1) is 18.7. The van der Waals surface area contributed by atoms with E-state index in [2.05, 4.69) is 5.32 Å². The minimum Gasteiger partial charge on any atom is -0.497 e. The van der Waals surface area contributed by atoms with Crippen LogP contribution in [0, 0.1) is 18.7 Å². The van der Waals surface area contributed by atoms with Gasteiger partial charge in [0.15, 0.2) is 0 Å². The predicted molar refractivity (Wildman–Crippen MR) is 99.8 cm³/mol. The van der Waals surface area contributed by atoms with Gasteiger partial charge >= 0.3 is 0 Å². The number of halogens is 1. The summed E-state index contributed by atoms with van der Waals surface area (Å²) in [6.45, 7) is 1.90. The lowest BCUT2D eigenvalue weighted by Crippen LogP contribution is -2.28. The molecule has 3 rings (SSSR count). The van der Waals surface area contributed by atoms with E-state index in [4.69, 9.17) is 9.47 Å². The van der Waals surface area contributed by atoms with Gasteiger partial charge in [-0.2, -0.15) is 0 Å². The first-order valence-electron chi connectivity index (χ1n) is 8.52. The number of nitrogens with one attached hydrogen (secondary N) is 1. The van der Waals surface area contributed by atoms with E-state index in [0.29, 0.717) is 17.2 Å². The lowest BCUT2D eigenvalue weighted by Gasteiger charge is -2.18. The maximum absolute atomic E-state index is 14.2. The third-order valence-electron chi connectivity index (χ3n) is 4.56. The second-order valence-corrected chi connectivity index (χ2v) is 6.42. The van der Waals surface area contributed by atoms with Gasteiger partial charge in [0.2, 0.25) is 11.8 Å². The van der Waals surface area contributed by atoms with Crippen molar-refractivity contribution in [3.05, 3.63) is 47.8 Å². The van der Waals surface area contributed by atoms with Gasteiger partial charge in [-0.15, -0.1) is 0 Å². The maximum Gasteiger partial charge on any atom is 0.229 e. The third kappa shape index (κ3) is 3.86. The summed E-state index contributed by atoms with van der Waals surface area (Å²) in [5.74, 6) is -0.594. The number of hydrogen-bond acceptors (Lipinski definition) is 4. The van der Waals surface area contributed by atoms with Gasteiger partial charge in [0, 0.05) is 19.0 Å². The molecule has 0 radical (unpaired) electrons. The van der Waals surface area contributed by atoms with Gasteiger partial charge in [-0.25, -0.2) is 4.39 Å². The van der Waals surface area contributed by atoms with Gasteiger partial charge in [0.1, 0.15) is 17.3 Å². The third-order valence-corrected chi connectivity index (χ3v) is 4.56. The molecule has 0 aromatic heterocycles. The Morgan fingerprint density at radius 3 is 2.63 bits per heavy atom. The average molecular weight is 372 g/mol. The van der Waals surface area contributed by atoms with Crippen molar-refractivity contribution in [3.63, 3.8) is 0 Å². The fraction of sp³-hybridized carbons (Fsp3) is 0.300. The second-order valence-electron chi connectivity index (χ2n) is 6.42. The molecule has 142 valence electrons. The summed E-state index contributed by atoms with van der Waals surface area (Å²) in [7, 11) is 3.03. The number of nitrogens with zero attached hydrogens (tertiary/aromatic N) is 1. The number of amides is 2. The number of methoxy groups -OCH3 is 2. The molecule has 27 heavy (non-hydrogen) atoms. The molecule has 1 heterocycles. The first-order valence-corrected chi connectivity index (χ1v) is 8.52.